The third kappa shape index (κ3) is 5.09. The Morgan fingerprint density at radius 3 is 2.63 bits per heavy atom. The van der Waals surface area contributed by atoms with Crippen LogP contribution in [0.15, 0.2) is 64.0 Å². The van der Waals surface area contributed by atoms with Crippen molar-refractivity contribution in [2.45, 2.75) is 23.8 Å². The van der Waals surface area contributed by atoms with Gasteiger partial charge in [0.25, 0.3) is 10.0 Å². The highest BCUT2D eigenvalue weighted by Gasteiger charge is 2.27. The van der Waals surface area contributed by atoms with E-state index in [4.69, 9.17) is 4.74 Å². The summed E-state index contributed by atoms with van der Waals surface area (Å²) < 4.78 is 33.6. The normalized spacial score (nSPS) is 16.9. The van der Waals surface area contributed by atoms with Crippen molar-refractivity contribution in [3.63, 3.8) is 0 Å². The van der Waals surface area contributed by atoms with Gasteiger partial charge in [-0.25, -0.2) is 8.42 Å². The second-order valence-electron chi connectivity index (χ2n) is 6.24. The summed E-state index contributed by atoms with van der Waals surface area (Å²) in [5, 5.41) is 2.78. The average Bonchev–Trinajstić information content (AvgIpc) is 3.18. The van der Waals surface area contributed by atoms with Crippen molar-refractivity contribution in [2.24, 2.45) is 0 Å². The number of sulfonamides is 1. The van der Waals surface area contributed by atoms with Crippen LogP contribution in [0.1, 0.15) is 12.8 Å². The Kier molecular flexibility index (Phi) is 6.51. The molecule has 8 heteroatoms. The van der Waals surface area contributed by atoms with Gasteiger partial charge in [0.05, 0.1) is 16.7 Å². The summed E-state index contributed by atoms with van der Waals surface area (Å²) in [6, 6.07) is 15.0. The maximum atomic E-state index is 13.1. The summed E-state index contributed by atoms with van der Waals surface area (Å²) in [5.41, 5.74) is 0.417. The van der Waals surface area contributed by atoms with Crippen LogP contribution >= 0.6 is 15.9 Å². The monoisotopic (exact) mass is 452 g/mol. The zero-order valence-corrected chi connectivity index (χ0v) is 17.1. The van der Waals surface area contributed by atoms with Crippen LogP contribution in [0.25, 0.3) is 0 Å². The molecule has 0 spiro atoms. The van der Waals surface area contributed by atoms with Crippen LogP contribution in [0, 0.1) is 0 Å². The molecule has 0 aliphatic carbocycles. The van der Waals surface area contributed by atoms with Crippen molar-refractivity contribution in [3.05, 3.63) is 59.1 Å². The number of benzene rings is 2. The fraction of sp³-hybridized carbons (Fsp3) is 0.316. The topological polar surface area (TPSA) is 75.7 Å². The molecule has 0 bridgehead atoms. The Morgan fingerprint density at radius 2 is 1.96 bits per heavy atom. The lowest BCUT2D eigenvalue weighted by Crippen LogP contribution is -2.42. The summed E-state index contributed by atoms with van der Waals surface area (Å²) in [6.45, 7) is 0.782. The third-order valence-electron chi connectivity index (χ3n) is 4.27. The van der Waals surface area contributed by atoms with Crippen molar-refractivity contribution >= 4 is 37.5 Å². The number of carbonyl (C=O) groups is 1. The van der Waals surface area contributed by atoms with E-state index in [1.165, 1.54) is 12.1 Å². The first-order valence-corrected chi connectivity index (χ1v) is 10.9. The van der Waals surface area contributed by atoms with Gasteiger partial charge < -0.3 is 10.1 Å². The summed E-state index contributed by atoms with van der Waals surface area (Å²) >= 11 is 3.36. The highest BCUT2D eigenvalue weighted by Crippen LogP contribution is 2.26. The minimum absolute atomic E-state index is 0.000926. The number of rotatable bonds is 7. The lowest BCUT2D eigenvalue weighted by atomic mass is 10.2. The number of nitrogens with zero attached hydrogens (tertiary/aromatic N) is 1. The quantitative estimate of drug-likeness (QED) is 0.700. The van der Waals surface area contributed by atoms with Crippen LogP contribution in [0.4, 0.5) is 5.69 Å². The lowest BCUT2D eigenvalue weighted by molar-refractivity contribution is -0.120. The molecule has 6 nitrogen and oxygen atoms in total. The van der Waals surface area contributed by atoms with Crippen molar-refractivity contribution < 1.29 is 17.9 Å². The second kappa shape index (κ2) is 8.86. The fourth-order valence-electron chi connectivity index (χ4n) is 2.89. The van der Waals surface area contributed by atoms with Crippen LogP contribution in [-0.2, 0) is 19.6 Å². The fourth-order valence-corrected chi connectivity index (χ4v) is 4.71. The van der Waals surface area contributed by atoms with Gasteiger partial charge >= 0.3 is 0 Å². The van der Waals surface area contributed by atoms with Crippen molar-refractivity contribution in [2.75, 3.05) is 24.0 Å². The highest BCUT2D eigenvalue weighted by atomic mass is 79.9. The molecular formula is C19H21BrN2O4S. The van der Waals surface area contributed by atoms with E-state index in [9.17, 15) is 13.2 Å². The predicted molar refractivity (Wildman–Crippen MR) is 107 cm³/mol. The molecule has 27 heavy (non-hydrogen) atoms. The molecule has 1 heterocycles. The van der Waals surface area contributed by atoms with Crippen molar-refractivity contribution in [1.29, 1.82) is 0 Å². The van der Waals surface area contributed by atoms with Gasteiger partial charge in [-0.15, -0.1) is 0 Å². The van der Waals surface area contributed by atoms with Gasteiger partial charge in [0, 0.05) is 17.6 Å². The molecule has 1 amide bonds. The van der Waals surface area contributed by atoms with Crippen LogP contribution in [0.3, 0.4) is 0 Å². The van der Waals surface area contributed by atoms with Gasteiger partial charge in [0.1, 0.15) is 6.54 Å². The van der Waals surface area contributed by atoms with E-state index in [0.717, 1.165) is 21.6 Å². The Bertz CT molecular complexity index is 884. The lowest BCUT2D eigenvalue weighted by Gasteiger charge is -2.24. The van der Waals surface area contributed by atoms with E-state index < -0.39 is 10.0 Å². The van der Waals surface area contributed by atoms with Crippen molar-refractivity contribution in [3.8, 4) is 0 Å². The molecule has 144 valence electrons. The molecule has 2 aromatic carbocycles. The number of carbonyl (C=O) groups excluding carboxylic acids is 1. The molecule has 1 aliphatic rings. The Hall–Kier alpha value is -1.90. The smallest absolute Gasteiger partial charge is 0.264 e. The molecule has 2 aromatic rings. The Labute approximate surface area is 167 Å². The number of nitrogens with one attached hydrogen (secondary N) is 1. The highest BCUT2D eigenvalue weighted by molar-refractivity contribution is 9.10. The molecule has 3 rings (SSSR count). The number of amides is 1. The molecule has 0 unspecified atom stereocenters. The second-order valence-corrected chi connectivity index (χ2v) is 9.02. The predicted octanol–water partition coefficient (Wildman–Crippen LogP) is 2.94. The van der Waals surface area contributed by atoms with E-state index >= 15 is 0 Å². The first-order chi connectivity index (χ1) is 13.0. The number of hydrogen-bond donors (Lipinski definition) is 1. The van der Waals surface area contributed by atoms with Gasteiger partial charge in [0.2, 0.25) is 5.91 Å². The average molecular weight is 453 g/mol. The number of ether oxygens (including phenoxy) is 1. The minimum atomic E-state index is -3.88. The van der Waals surface area contributed by atoms with Crippen LogP contribution in [0.5, 0.6) is 0 Å². The summed E-state index contributed by atoms with van der Waals surface area (Å²) in [4.78, 5) is 12.6. The Balaban J connectivity index is 1.83. The molecule has 0 radical (unpaired) electrons. The SMILES string of the molecule is O=C(CN(c1cccc(Br)c1)S(=O)(=O)c1ccccc1)NC[C@H]1CCCO1. The van der Waals surface area contributed by atoms with Gasteiger partial charge in [-0.3, -0.25) is 9.10 Å². The van der Waals surface area contributed by atoms with Crippen molar-refractivity contribution in [1.82, 2.24) is 5.32 Å². The summed E-state index contributed by atoms with van der Waals surface area (Å²) in [5.74, 6) is -0.370. The molecule has 1 atom stereocenters. The molecule has 0 aromatic heterocycles. The maximum Gasteiger partial charge on any atom is 0.264 e. The Morgan fingerprint density at radius 1 is 1.19 bits per heavy atom. The van der Waals surface area contributed by atoms with Gasteiger partial charge in [-0.1, -0.05) is 40.2 Å². The first kappa shape index (κ1) is 19.9. The molecule has 0 saturated carbocycles. The summed E-state index contributed by atoms with van der Waals surface area (Å²) in [6.07, 6.45) is 1.88. The van der Waals surface area contributed by atoms with Crippen LogP contribution < -0.4 is 9.62 Å². The standard InChI is InChI=1S/C19H21BrN2O4S/c20-15-6-4-7-16(12-15)22(27(24,25)18-9-2-1-3-10-18)14-19(23)21-13-17-8-5-11-26-17/h1-4,6-7,9-10,12,17H,5,8,11,13-14H2,(H,21,23)/t17-/m1/s1. The zero-order chi connectivity index (χ0) is 19.3. The number of anilines is 1. The van der Waals surface area contributed by atoms with Gasteiger partial charge in [-0.05, 0) is 43.2 Å². The zero-order valence-electron chi connectivity index (χ0n) is 14.7. The molecule has 1 aliphatic heterocycles. The number of halogens is 1. The molecule has 1 saturated heterocycles. The largest absolute Gasteiger partial charge is 0.376 e. The molecule has 1 fully saturated rings. The maximum absolute atomic E-state index is 13.1. The van der Waals surface area contributed by atoms with E-state index in [-0.39, 0.29) is 23.5 Å². The number of hydrogen-bond acceptors (Lipinski definition) is 4. The van der Waals surface area contributed by atoms with Gasteiger partial charge in [0.15, 0.2) is 0 Å². The van der Waals surface area contributed by atoms with E-state index in [1.54, 1.807) is 42.5 Å². The van der Waals surface area contributed by atoms with E-state index in [1.807, 2.05) is 0 Å². The van der Waals surface area contributed by atoms with Crippen LogP contribution in [-0.4, -0.2) is 40.1 Å². The van der Waals surface area contributed by atoms with E-state index in [2.05, 4.69) is 21.2 Å². The third-order valence-corrected chi connectivity index (χ3v) is 6.55. The van der Waals surface area contributed by atoms with Gasteiger partial charge in [-0.2, -0.15) is 0 Å². The van der Waals surface area contributed by atoms with E-state index in [0.29, 0.717) is 18.8 Å². The summed E-state index contributed by atoms with van der Waals surface area (Å²) in [7, 11) is -3.88. The molecule has 1 N–H and O–H groups in total. The first-order valence-electron chi connectivity index (χ1n) is 8.68. The minimum Gasteiger partial charge on any atom is -0.376 e. The van der Waals surface area contributed by atoms with Crippen LogP contribution in [0.2, 0.25) is 0 Å². The molecular weight excluding hydrogens is 432 g/mol.